The lowest BCUT2D eigenvalue weighted by Crippen LogP contribution is -2.31. The summed E-state index contributed by atoms with van der Waals surface area (Å²) in [5.41, 5.74) is 1.19. The van der Waals surface area contributed by atoms with E-state index in [-0.39, 0.29) is 12.1 Å². The van der Waals surface area contributed by atoms with Crippen LogP contribution in [0.4, 0.5) is 0 Å². The van der Waals surface area contributed by atoms with Crippen LogP contribution in [0.25, 0.3) is 0 Å². The van der Waals surface area contributed by atoms with E-state index < -0.39 is 0 Å². The van der Waals surface area contributed by atoms with Gasteiger partial charge in [-0.1, -0.05) is 22.9 Å². The van der Waals surface area contributed by atoms with Crippen LogP contribution >= 0.6 is 15.9 Å². The largest absolute Gasteiger partial charge is 0.490 e. The second-order valence-electron chi connectivity index (χ2n) is 5.46. The van der Waals surface area contributed by atoms with Gasteiger partial charge in [0, 0.05) is 17.5 Å². The summed E-state index contributed by atoms with van der Waals surface area (Å²) >= 11 is 3.69. The molecule has 1 aromatic rings. The Morgan fingerprint density at radius 3 is 2.62 bits per heavy atom. The molecule has 2 aliphatic heterocycles. The van der Waals surface area contributed by atoms with Crippen LogP contribution in [0, 0.1) is 0 Å². The fourth-order valence-electron chi connectivity index (χ4n) is 2.97. The number of hydrogen-bond donors (Lipinski definition) is 1. The molecule has 1 saturated heterocycles. The first-order valence-electron chi connectivity index (χ1n) is 7.73. The minimum Gasteiger partial charge on any atom is -0.490 e. The van der Waals surface area contributed by atoms with Crippen molar-refractivity contribution in [2.75, 3.05) is 26.4 Å². The highest BCUT2D eigenvalue weighted by Crippen LogP contribution is 2.39. The number of rotatable bonds is 4. The Morgan fingerprint density at radius 1 is 1.19 bits per heavy atom. The maximum absolute atomic E-state index is 5.89. The lowest BCUT2D eigenvalue weighted by molar-refractivity contribution is 0.0785. The Balaban J connectivity index is 1.92. The van der Waals surface area contributed by atoms with Crippen molar-refractivity contribution in [1.82, 2.24) is 5.32 Å². The molecule has 116 valence electrons. The summed E-state index contributed by atoms with van der Waals surface area (Å²) in [6.07, 6.45) is 3.38. The normalized spacial score (nSPS) is 22.9. The van der Waals surface area contributed by atoms with Gasteiger partial charge in [0.25, 0.3) is 0 Å². The molecule has 0 saturated carbocycles. The van der Waals surface area contributed by atoms with E-state index in [9.17, 15) is 0 Å². The van der Waals surface area contributed by atoms with Crippen LogP contribution in [0.1, 0.15) is 37.8 Å². The number of hydrogen-bond acceptors (Lipinski definition) is 4. The molecule has 0 spiro atoms. The molecule has 2 heterocycles. The summed E-state index contributed by atoms with van der Waals surface area (Å²) in [4.78, 5) is 0. The quantitative estimate of drug-likeness (QED) is 0.897. The number of likely N-dealkylation sites (N-methyl/N-ethyl adjacent to an activating group) is 1. The van der Waals surface area contributed by atoms with Gasteiger partial charge < -0.3 is 19.5 Å². The Morgan fingerprint density at radius 2 is 1.95 bits per heavy atom. The minimum atomic E-state index is 0.184. The molecule has 2 atom stereocenters. The monoisotopic (exact) mass is 355 g/mol. The molecule has 0 amide bonds. The van der Waals surface area contributed by atoms with Gasteiger partial charge in [-0.15, -0.1) is 0 Å². The van der Waals surface area contributed by atoms with Crippen LogP contribution in [0.15, 0.2) is 16.6 Å². The summed E-state index contributed by atoms with van der Waals surface area (Å²) in [7, 11) is 0. The summed E-state index contributed by atoms with van der Waals surface area (Å²) in [6.45, 7) is 5.31. The molecule has 0 aliphatic carbocycles. The van der Waals surface area contributed by atoms with Gasteiger partial charge in [-0.3, -0.25) is 0 Å². The van der Waals surface area contributed by atoms with Gasteiger partial charge in [-0.05, 0) is 37.1 Å². The van der Waals surface area contributed by atoms with Crippen molar-refractivity contribution in [1.29, 1.82) is 0 Å². The molecule has 5 heteroatoms. The molecule has 4 nitrogen and oxygen atoms in total. The van der Waals surface area contributed by atoms with Crippen molar-refractivity contribution >= 4 is 15.9 Å². The van der Waals surface area contributed by atoms with E-state index in [1.807, 2.05) is 6.07 Å². The number of fused-ring (bicyclic) bond motifs is 1. The Bertz CT molecular complexity index is 489. The molecule has 21 heavy (non-hydrogen) atoms. The number of benzene rings is 1. The first-order chi connectivity index (χ1) is 10.3. The molecule has 0 aromatic heterocycles. The van der Waals surface area contributed by atoms with Crippen molar-refractivity contribution in [3.05, 3.63) is 22.2 Å². The number of nitrogens with one attached hydrogen (secondary N) is 1. The first-order valence-corrected chi connectivity index (χ1v) is 8.53. The molecule has 2 unspecified atom stereocenters. The van der Waals surface area contributed by atoms with Crippen molar-refractivity contribution in [2.24, 2.45) is 0 Å². The fraction of sp³-hybridized carbons (Fsp3) is 0.625. The van der Waals surface area contributed by atoms with Gasteiger partial charge in [-0.2, -0.15) is 0 Å². The van der Waals surface area contributed by atoms with Gasteiger partial charge in [-0.25, -0.2) is 0 Å². The Kier molecular flexibility index (Phi) is 5.03. The van der Waals surface area contributed by atoms with Gasteiger partial charge in [0.05, 0.1) is 25.4 Å². The summed E-state index contributed by atoms with van der Waals surface area (Å²) in [6, 6.07) is 4.30. The van der Waals surface area contributed by atoms with Gasteiger partial charge in [0.15, 0.2) is 11.5 Å². The highest BCUT2D eigenvalue weighted by molar-refractivity contribution is 9.10. The van der Waals surface area contributed by atoms with E-state index in [0.29, 0.717) is 13.2 Å². The molecular formula is C16H22BrNO3. The molecule has 1 N–H and O–H groups in total. The molecular weight excluding hydrogens is 334 g/mol. The lowest BCUT2D eigenvalue weighted by atomic mass is 9.98. The third-order valence-corrected chi connectivity index (χ3v) is 4.65. The van der Waals surface area contributed by atoms with Crippen molar-refractivity contribution in [2.45, 2.75) is 38.3 Å². The van der Waals surface area contributed by atoms with E-state index in [4.69, 9.17) is 14.2 Å². The number of ether oxygens (including phenoxy) is 3. The minimum absolute atomic E-state index is 0.184. The Hall–Kier alpha value is -0.780. The molecule has 0 bridgehead atoms. The summed E-state index contributed by atoms with van der Waals surface area (Å²) in [5.74, 6) is 1.66. The highest BCUT2D eigenvalue weighted by Gasteiger charge is 2.29. The second kappa shape index (κ2) is 6.99. The van der Waals surface area contributed by atoms with Crippen LogP contribution in [-0.4, -0.2) is 32.5 Å². The summed E-state index contributed by atoms with van der Waals surface area (Å²) < 4.78 is 18.5. The fourth-order valence-corrected chi connectivity index (χ4v) is 3.53. The van der Waals surface area contributed by atoms with E-state index >= 15 is 0 Å². The average molecular weight is 356 g/mol. The van der Waals surface area contributed by atoms with Crippen LogP contribution < -0.4 is 14.8 Å². The maximum atomic E-state index is 5.89. The second-order valence-corrected chi connectivity index (χ2v) is 6.31. The molecule has 0 radical (unpaired) electrons. The zero-order chi connectivity index (χ0) is 14.7. The van der Waals surface area contributed by atoms with E-state index in [2.05, 4.69) is 34.2 Å². The van der Waals surface area contributed by atoms with E-state index in [0.717, 1.165) is 48.4 Å². The van der Waals surface area contributed by atoms with Gasteiger partial charge in [0.1, 0.15) is 0 Å². The first kappa shape index (κ1) is 15.1. The zero-order valence-corrected chi connectivity index (χ0v) is 13.9. The standard InChI is InChI=1S/C16H22BrNO3/c1-2-18-16(13-5-3-6-19-13)11-9-14-15(10-12(11)17)21-8-4-7-20-14/h9-10,13,16,18H,2-8H2,1H3. The molecule has 3 rings (SSSR count). The highest BCUT2D eigenvalue weighted by atomic mass is 79.9. The van der Waals surface area contributed by atoms with E-state index in [1.165, 1.54) is 5.56 Å². The Labute approximate surface area is 134 Å². The summed E-state index contributed by atoms with van der Waals surface area (Å²) in [5, 5.41) is 3.55. The molecule has 1 fully saturated rings. The van der Waals surface area contributed by atoms with E-state index in [1.54, 1.807) is 0 Å². The van der Waals surface area contributed by atoms with Crippen molar-refractivity contribution in [3.63, 3.8) is 0 Å². The van der Waals surface area contributed by atoms with Crippen LogP contribution in [0.2, 0.25) is 0 Å². The topological polar surface area (TPSA) is 39.7 Å². The average Bonchev–Trinajstić information content (AvgIpc) is 2.91. The molecule has 1 aromatic carbocycles. The maximum Gasteiger partial charge on any atom is 0.162 e. The zero-order valence-electron chi connectivity index (χ0n) is 12.4. The lowest BCUT2D eigenvalue weighted by Gasteiger charge is -2.26. The number of halogens is 1. The third-order valence-electron chi connectivity index (χ3n) is 3.96. The van der Waals surface area contributed by atoms with Gasteiger partial charge >= 0.3 is 0 Å². The smallest absolute Gasteiger partial charge is 0.162 e. The van der Waals surface area contributed by atoms with Crippen molar-refractivity contribution in [3.8, 4) is 11.5 Å². The van der Waals surface area contributed by atoms with Crippen LogP contribution in [-0.2, 0) is 4.74 Å². The van der Waals surface area contributed by atoms with Crippen LogP contribution in [0.5, 0.6) is 11.5 Å². The predicted octanol–water partition coefficient (Wildman–Crippen LogP) is 3.44. The van der Waals surface area contributed by atoms with Crippen LogP contribution in [0.3, 0.4) is 0 Å². The van der Waals surface area contributed by atoms with Crippen molar-refractivity contribution < 1.29 is 14.2 Å². The third kappa shape index (κ3) is 3.35. The molecule has 2 aliphatic rings. The predicted molar refractivity (Wildman–Crippen MR) is 85.1 cm³/mol. The SMILES string of the molecule is CCNC(c1cc2c(cc1Br)OCCCO2)C1CCCO1. The van der Waals surface area contributed by atoms with Gasteiger partial charge in [0.2, 0.25) is 0 Å².